The van der Waals surface area contributed by atoms with Crippen LogP contribution in [0.25, 0.3) is 0 Å². The van der Waals surface area contributed by atoms with Crippen LogP contribution in [0.3, 0.4) is 0 Å². The van der Waals surface area contributed by atoms with Gasteiger partial charge in [-0.1, -0.05) is 0 Å². The van der Waals surface area contributed by atoms with E-state index in [0.29, 0.717) is 18.8 Å². The maximum absolute atomic E-state index is 11.4. The molecule has 0 aromatic carbocycles. The van der Waals surface area contributed by atoms with Gasteiger partial charge in [-0.15, -0.1) is 0 Å². The van der Waals surface area contributed by atoms with Gasteiger partial charge in [-0.3, -0.25) is 14.4 Å². The number of thioether (sulfide) groups is 1. The number of carboxylic acid groups (broad SMARTS) is 1. The lowest BCUT2D eigenvalue weighted by Crippen LogP contribution is -2.40. The number of carbonyl (C=O) groups excluding carboxylic acids is 3. The van der Waals surface area contributed by atoms with Crippen molar-refractivity contribution in [2.75, 3.05) is 24.6 Å². The number of nitrogens with one attached hydrogen (secondary N) is 3. The first kappa shape index (κ1) is 19.2. The maximum atomic E-state index is 11.4. The average Bonchev–Trinajstić information content (AvgIpc) is 2.37. The molecule has 0 saturated heterocycles. The molecule has 0 saturated carbocycles. The fourth-order valence-corrected chi connectivity index (χ4v) is 2.19. The van der Waals surface area contributed by atoms with Crippen LogP contribution in [0.1, 0.15) is 20.3 Å². The first-order chi connectivity index (χ1) is 9.82. The van der Waals surface area contributed by atoms with Crippen molar-refractivity contribution in [1.29, 1.82) is 0 Å². The maximum Gasteiger partial charge on any atom is 0.326 e. The normalized spacial score (nSPS) is 11.3. The summed E-state index contributed by atoms with van der Waals surface area (Å²) in [6, 6.07) is -0.933. The smallest absolute Gasteiger partial charge is 0.326 e. The highest BCUT2D eigenvalue weighted by atomic mass is 32.2. The zero-order valence-corrected chi connectivity index (χ0v) is 12.9. The Balaban J connectivity index is 3.72. The van der Waals surface area contributed by atoms with Gasteiger partial charge in [-0.05, 0) is 12.2 Å². The molecule has 8 nitrogen and oxygen atoms in total. The molecule has 3 amide bonds. The predicted molar refractivity (Wildman–Crippen MR) is 78.9 cm³/mol. The summed E-state index contributed by atoms with van der Waals surface area (Å²) in [5, 5.41) is 16.4. The zero-order valence-electron chi connectivity index (χ0n) is 12.1. The SMILES string of the molecule is CC(=O)NCCNC(=O)CSCCC(NC(C)=O)C(=O)O. The van der Waals surface area contributed by atoms with Crippen LogP contribution in [0.4, 0.5) is 0 Å². The number of hydrogen-bond donors (Lipinski definition) is 4. The van der Waals surface area contributed by atoms with E-state index < -0.39 is 17.9 Å². The van der Waals surface area contributed by atoms with Crippen molar-refractivity contribution < 1.29 is 24.3 Å². The Kier molecular flexibility index (Phi) is 10.0. The first-order valence-electron chi connectivity index (χ1n) is 6.41. The molecular weight excluding hydrogens is 298 g/mol. The average molecular weight is 319 g/mol. The molecular formula is C12H21N3O5S. The summed E-state index contributed by atoms with van der Waals surface area (Å²) in [5.74, 6) is -1.19. The molecule has 0 aliphatic carbocycles. The van der Waals surface area contributed by atoms with Gasteiger partial charge >= 0.3 is 5.97 Å². The van der Waals surface area contributed by atoms with Crippen LogP contribution in [-0.2, 0) is 19.2 Å². The lowest BCUT2D eigenvalue weighted by Gasteiger charge is -2.12. The Morgan fingerprint density at radius 3 is 2.19 bits per heavy atom. The second kappa shape index (κ2) is 11.0. The highest BCUT2D eigenvalue weighted by molar-refractivity contribution is 7.99. The van der Waals surface area contributed by atoms with E-state index in [1.54, 1.807) is 0 Å². The summed E-state index contributed by atoms with van der Waals surface area (Å²) in [7, 11) is 0. The standard InChI is InChI=1S/C12H21N3O5S/c1-8(16)13-4-5-14-11(18)7-21-6-3-10(12(19)20)15-9(2)17/h10H,3-7H2,1-2H3,(H,13,16)(H,14,18)(H,15,17)(H,19,20). The van der Waals surface area contributed by atoms with E-state index in [0.717, 1.165) is 0 Å². The van der Waals surface area contributed by atoms with E-state index in [1.165, 1.54) is 25.6 Å². The largest absolute Gasteiger partial charge is 0.480 e. The van der Waals surface area contributed by atoms with Crippen molar-refractivity contribution in [2.24, 2.45) is 0 Å². The minimum atomic E-state index is -1.09. The van der Waals surface area contributed by atoms with Crippen molar-refractivity contribution in [1.82, 2.24) is 16.0 Å². The fraction of sp³-hybridized carbons (Fsp3) is 0.667. The van der Waals surface area contributed by atoms with Gasteiger partial charge in [-0.2, -0.15) is 11.8 Å². The Morgan fingerprint density at radius 1 is 1.05 bits per heavy atom. The quantitative estimate of drug-likeness (QED) is 0.381. The van der Waals surface area contributed by atoms with E-state index in [1.807, 2.05) is 0 Å². The molecule has 0 aromatic rings. The van der Waals surface area contributed by atoms with Gasteiger partial charge < -0.3 is 21.1 Å². The van der Waals surface area contributed by atoms with Crippen LogP contribution in [-0.4, -0.2) is 59.4 Å². The minimum Gasteiger partial charge on any atom is -0.480 e. The number of aliphatic carboxylic acids is 1. The summed E-state index contributed by atoms with van der Waals surface area (Å²) >= 11 is 1.28. The third-order valence-electron chi connectivity index (χ3n) is 2.28. The third-order valence-corrected chi connectivity index (χ3v) is 3.27. The van der Waals surface area contributed by atoms with Crippen LogP contribution >= 0.6 is 11.8 Å². The van der Waals surface area contributed by atoms with Gasteiger partial charge in [0.1, 0.15) is 6.04 Å². The topological polar surface area (TPSA) is 125 Å². The van der Waals surface area contributed by atoms with E-state index >= 15 is 0 Å². The number of amides is 3. The summed E-state index contributed by atoms with van der Waals surface area (Å²) in [6.45, 7) is 3.37. The summed E-state index contributed by atoms with van der Waals surface area (Å²) in [6.07, 6.45) is 0.249. The molecule has 0 radical (unpaired) electrons. The van der Waals surface area contributed by atoms with Crippen LogP contribution < -0.4 is 16.0 Å². The van der Waals surface area contributed by atoms with Crippen LogP contribution in [0, 0.1) is 0 Å². The second-order valence-corrected chi connectivity index (χ2v) is 5.37. The molecule has 0 spiro atoms. The van der Waals surface area contributed by atoms with E-state index in [4.69, 9.17) is 5.11 Å². The number of hydrogen-bond acceptors (Lipinski definition) is 5. The van der Waals surface area contributed by atoms with Gasteiger partial charge in [0.05, 0.1) is 5.75 Å². The zero-order chi connectivity index (χ0) is 16.3. The van der Waals surface area contributed by atoms with Crippen LogP contribution in [0.2, 0.25) is 0 Å². The summed E-state index contributed by atoms with van der Waals surface area (Å²) in [4.78, 5) is 43.7. The fourth-order valence-electron chi connectivity index (χ4n) is 1.36. The van der Waals surface area contributed by atoms with Gasteiger partial charge in [0.15, 0.2) is 0 Å². The Bertz CT molecular complexity index is 389. The molecule has 0 aliphatic heterocycles. The minimum absolute atomic E-state index is 0.156. The molecule has 0 heterocycles. The van der Waals surface area contributed by atoms with Gasteiger partial charge in [0, 0.05) is 26.9 Å². The van der Waals surface area contributed by atoms with Crippen molar-refractivity contribution in [2.45, 2.75) is 26.3 Å². The highest BCUT2D eigenvalue weighted by Crippen LogP contribution is 2.05. The van der Waals surface area contributed by atoms with Crippen LogP contribution in [0.15, 0.2) is 0 Å². The second-order valence-electron chi connectivity index (χ2n) is 4.27. The van der Waals surface area contributed by atoms with Crippen LogP contribution in [0.5, 0.6) is 0 Å². The molecule has 0 rings (SSSR count). The molecule has 1 unspecified atom stereocenters. The van der Waals surface area contributed by atoms with Crippen molar-refractivity contribution in [3.8, 4) is 0 Å². The number of carbonyl (C=O) groups is 4. The Morgan fingerprint density at radius 2 is 1.67 bits per heavy atom. The van der Waals surface area contributed by atoms with E-state index in [-0.39, 0.29) is 24.0 Å². The first-order valence-corrected chi connectivity index (χ1v) is 7.57. The summed E-state index contributed by atoms with van der Waals surface area (Å²) in [5.41, 5.74) is 0. The Hall–Kier alpha value is -1.77. The molecule has 0 aromatic heterocycles. The summed E-state index contributed by atoms with van der Waals surface area (Å²) < 4.78 is 0. The molecule has 0 aliphatic rings. The number of carboxylic acids is 1. The van der Waals surface area contributed by atoms with Crippen molar-refractivity contribution in [3.63, 3.8) is 0 Å². The molecule has 4 N–H and O–H groups in total. The van der Waals surface area contributed by atoms with E-state index in [9.17, 15) is 19.2 Å². The molecule has 9 heteroatoms. The molecule has 0 bridgehead atoms. The van der Waals surface area contributed by atoms with E-state index in [2.05, 4.69) is 16.0 Å². The molecule has 1 atom stereocenters. The monoisotopic (exact) mass is 319 g/mol. The Labute approximate surface area is 127 Å². The molecule has 21 heavy (non-hydrogen) atoms. The van der Waals surface area contributed by atoms with Crippen molar-refractivity contribution >= 4 is 35.5 Å². The van der Waals surface area contributed by atoms with Crippen molar-refractivity contribution in [3.05, 3.63) is 0 Å². The third kappa shape index (κ3) is 11.7. The lowest BCUT2D eigenvalue weighted by molar-refractivity contribution is -0.141. The highest BCUT2D eigenvalue weighted by Gasteiger charge is 2.17. The van der Waals surface area contributed by atoms with Gasteiger partial charge in [0.2, 0.25) is 17.7 Å². The number of rotatable bonds is 10. The molecule has 0 fully saturated rings. The van der Waals surface area contributed by atoms with Gasteiger partial charge in [0.25, 0.3) is 0 Å². The van der Waals surface area contributed by atoms with Gasteiger partial charge in [-0.25, -0.2) is 4.79 Å². The predicted octanol–water partition coefficient (Wildman–Crippen LogP) is -1.05. The molecule has 120 valence electrons. The lowest BCUT2D eigenvalue weighted by atomic mass is 10.2.